The molecule has 0 radical (unpaired) electrons. The summed E-state index contributed by atoms with van der Waals surface area (Å²) >= 11 is 11.3. The number of carbonyl (C=O) groups excluding carboxylic acids is 1. The maximum atomic E-state index is 10.6. The quantitative estimate of drug-likeness (QED) is 0.431. The Labute approximate surface area is 93.0 Å². The summed E-state index contributed by atoms with van der Waals surface area (Å²) in [6.07, 6.45) is 1.37. The molecule has 0 aromatic heterocycles. The van der Waals surface area contributed by atoms with E-state index >= 15 is 0 Å². The summed E-state index contributed by atoms with van der Waals surface area (Å²) in [6.45, 7) is 0. The van der Waals surface area contributed by atoms with Gasteiger partial charge in [0.1, 0.15) is 0 Å². The molecule has 3 heteroatoms. The van der Waals surface area contributed by atoms with E-state index in [1.165, 1.54) is 0 Å². The number of hydrogen-bond acceptors (Lipinski definition) is 1. The smallest absolute Gasteiger partial charge is 0.151 e. The first-order chi connectivity index (χ1) is 6.77. The molecule has 0 aliphatic heterocycles. The molecule has 0 spiro atoms. The Morgan fingerprint density at radius 1 is 1.43 bits per heavy atom. The molecule has 0 N–H and O–H groups in total. The lowest BCUT2D eigenvalue weighted by molar-refractivity contribution is 0.112. The summed E-state index contributed by atoms with van der Waals surface area (Å²) in [5.41, 5.74) is 1.20. The molecule has 0 atom stereocenters. The second kappa shape index (κ2) is 5.70. The Balaban J connectivity index is 3.00. The number of hydrogen-bond donors (Lipinski definition) is 0. The second-order valence-electron chi connectivity index (χ2n) is 2.59. The van der Waals surface area contributed by atoms with Crippen molar-refractivity contribution < 1.29 is 4.79 Å². The van der Waals surface area contributed by atoms with Gasteiger partial charge in [0.2, 0.25) is 0 Å². The van der Waals surface area contributed by atoms with Crippen LogP contribution in [0.3, 0.4) is 0 Å². The molecule has 1 aromatic rings. The first-order valence-corrected chi connectivity index (χ1v) is 4.98. The highest BCUT2D eigenvalue weighted by atomic mass is 35.5. The minimum Gasteiger partial charge on any atom is -0.298 e. The summed E-state index contributed by atoms with van der Waals surface area (Å²) in [5, 5.41) is 0.575. The molecule has 0 aliphatic carbocycles. The van der Waals surface area contributed by atoms with Crippen LogP contribution in [0.4, 0.5) is 0 Å². The van der Waals surface area contributed by atoms with Crippen molar-refractivity contribution in [1.82, 2.24) is 0 Å². The van der Waals surface area contributed by atoms with Gasteiger partial charge >= 0.3 is 0 Å². The van der Waals surface area contributed by atoms with Crippen LogP contribution in [0.2, 0.25) is 5.02 Å². The highest BCUT2D eigenvalue weighted by molar-refractivity contribution is 6.30. The Kier molecular flexibility index (Phi) is 4.52. The van der Waals surface area contributed by atoms with Crippen molar-refractivity contribution in [3.63, 3.8) is 0 Å². The Hall–Kier alpha value is -0.970. The van der Waals surface area contributed by atoms with Gasteiger partial charge in [0.05, 0.1) is 0 Å². The van der Waals surface area contributed by atoms with Gasteiger partial charge in [-0.1, -0.05) is 23.4 Å². The SMILES string of the molecule is O=Cc1ccc(Cl)cc1C#CCCCl. The topological polar surface area (TPSA) is 17.1 Å². The van der Waals surface area contributed by atoms with E-state index in [9.17, 15) is 4.79 Å². The van der Waals surface area contributed by atoms with E-state index in [0.717, 1.165) is 6.29 Å². The van der Waals surface area contributed by atoms with E-state index in [0.29, 0.717) is 28.5 Å². The van der Waals surface area contributed by atoms with E-state index in [1.54, 1.807) is 18.2 Å². The lowest BCUT2D eigenvalue weighted by Gasteiger charge is -1.96. The predicted molar refractivity (Wildman–Crippen MR) is 59.1 cm³/mol. The summed E-state index contributed by atoms with van der Waals surface area (Å²) in [6, 6.07) is 4.99. The lowest BCUT2D eigenvalue weighted by atomic mass is 10.1. The fourth-order valence-corrected chi connectivity index (χ4v) is 1.21. The molecular weight excluding hydrogens is 219 g/mol. The molecular formula is C11H8Cl2O. The molecule has 0 unspecified atom stereocenters. The van der Waals surface area contributed by atoms with E-state index in [2.05, 4.69) is 11.8 Å². The lowest BCUT2D eigenvalue weighted by Crippen LogP contribution is -1.86. The molecule has 0 saturated heterocycles. The van der Waals surface area contributed by atoms with Crippen molar-refractivity contribution in [2.24, 2.45) is 0 Å². The van der Waals surface area contributed by atoms with Crippen LogP contribution in [0, 0.1) is 11.8 Å². The molecule has 0 heterocycles. The maximum absolute atomic E-state index is 10.6. The number of halogens is 2. The van der Waals surface area contributed by atoms with Crippen LogP contribution in [0.5, 0.6) is 0 Å². The Bertz CT molecular complexity index is 388. The fourth-order valence-electron chi connectivity index (χ4n) is 0.944. The normalized spacial score (nSPS) is 9.00. The van der Waals surface area contributed by atoms with Gasteiger partial charge in [0.25, 0.3) is 0 Å². The predicted octanol–water partition coefficient (Wildman–Crippen LogP) is 3.13. The number of benzene rings is 1. The molecule has 0 saturated carbocycles. The van der Waals surface area contributed by atoms with Crippen molar-refractivity contribution in [3.05, 3.63) is 34.3 Å². The summed E-state index contributed by atoms with van der Waals surface area (Å²) in [7, 11) is 0. The second-order valence-corrected chi connectivity index (χ2v) is 3.40. The van der Waals surface area contributed by atoms with Crippen molar-refractivity contribution in [2.75, 3.05) is 5.88 Å². The van der Waals surface area contributed by atoms with Gasteiger partial charge in [-0.3, -0.25) is 4.79 Å². The highest BCUT2D eigenvalue weighted by Gasteiger charge is 1.98. The van der Waals surface area contributed by atoms with Crippen molar-refractivity contribution in [3.8, 4) is 11.8 Å². The number of carbonyl (C=O) groups is 1. The third kappa shape index (κ3) is 3.06. The largest absolute Gasteiger partial charge is 0.298 e. The van der Waals surface area contributed by atoms with Crippen molar-refractivity contribution in [2.45, 2.75) is 6.42 Å². The molecule has 0 aliphatic rings. The number of aldehydes is 1. The fraction of sp³-hybridized carbons (Fsp3) is 0.182. The highest BCUT2D eigenvalue weighted by Crippen LogP contribution is 2.13. The van der Waals surface area contributed by atoms with Crippen LogP contribution in [0.15, 0.2) is 18.2 Å². The summed E-state index contributed by atoms with van der Waals surface area (Å²) < 4.78 is 0. The van der Waals surface area contributed by atoms with Gasteiger partial charge in [-0.05, 0) is 18.2 Å². The van der Waals surface area contributed by atoms with Crippen LogP contribution in [-0.4, -0.2) is 12.2 Å². The average Bonchev–Trinajstić information content (AvgIpc) is 2.19. The summed E-state index contributed by atoms with van der Waals surface area (Å²) in [4.78, 5) is 10.6. The zero-order valence-corrected chi connectivity index (χ0v) is 8.90. The molecule has 1 aromatic carbocycles. The summed E-state index contributed by atoms with van der Waals surface area (Å²) in [5.74, 6) is 6.20. The third-order valence-corrected chi connectivity index (χ3v) is 2.01. The minimum absolute atomic E-state index is 0.490. The van der Waals surface area contributed by atoms with Crippen LogP contribution in [0.25, 0.3) is 0 Å². The van der Waals surface area contributed by atoms with Crippen LogP contribution < -0.4 is 0 Å². The van der Waals surface area contributed by atoms with Gasteiger partial charge in [0.15, 0.2) is 6.29 Å². The Morgan fingerprint density at radius 3 is 2.86 bits per heavy atom. The van der Waals surface area contributed by atoms with Crippen LogP contribution in [0.1, 0.15) is 22.3 Å². The molecule has 1 nitrogen and oxygen atoms in total. The van der Waals surface area contributed by atoms with E-state index in [1.807, 2.05) is 0 Å². The number of rotatable bonds is 2. The van der Waals surface area contributed by atoms with Crippen molar-refractivity contribution >= 4 is 29.5 Å². The molecule has 0 bridgehead atoms. The van der Waals surface area contributed by atoms with Gasteiger partial charge in [-0.2, -0.15) is 0 Å². The molecule has 14 heavy (non-hydrogen) atoms. The van der Waals surface area contributed by atoms with Gasteiger partial charge in [0, 0.05) is 28.5 Å². The zero-order valence-electron chi connectivity index (χ0n) is 7.39. The maximum Gasteiger partial charge on any atom is 0.151 e. The third-order valence-electron chi connectivity index (χ3n) is 1.58. The molecule has 72 valence electrons. The van der Waals surface area contributed by atoms with Gasteiger partial charge in [-0.15, -0.1) is 11.6 Å². The first kappa shape index (κ1) is 11.1. The standard InChI is InChI=1S/C11H8Cl2O/c12-6-2-1-3-9-7-11(13)5-4-10(9)8-14/h4-5,7-8H,2,6H2. The Morgan fingerprint density at radius 2 is 2.21 bits per heavy atom. The molecule has 1 rings (SSSR count). The number of alkyl halides is 1. The van der Waals surface area contributed by atoms with Gasteiger partial charge in [-0.25, -0.2) is 0 Å². The van der Waals surface area contributed by atoms with E-state index in [-0.39, 0.29) is 0 Å². The van der Waals surface area contributed by atoms with Gasteiger partial charge < -0.3 is 0 Å². The first-order valence-electron chi connectivity index (χ1n) is 4.07. The van der Waals surface area contributed by atoms with Crippen LogP contribution >= 0.6 is 23.2 Å². The zero-order chi connectivity index (χ0) is 10.4. The average molecular weight is 227 g/mol. The monoisotopic (exact) mass is 226 g/mol. The minimum atomic E-state index is 0.490. The molecule has 0 fully saturated rings. The van der Waals surface area contributed by atoms with E-state index < -0.39 is 0 Å². The van der Waals surface area contributed by atoms with Crippen LogP contribution in [-0.2, 0) is 0 Å². The molecule has 0 amide bonds. The van der Waals surface area contributed by atoms with Crippen molar-refractivity contribution in [1.29, 1.82) is 0 Å². The van der Waals surface area contributed by atoms with E-state index in [4.69, 9.17) is 23.2 Å².